The molecule has 5 heteroatoms. The Morgan fingerprint density at radius 3 is 2.95 bits per heavy atom. The van der Waals surface area contributed by atoms with Crippen LogP contribution in [0.4, 0.5) is 5.69 Å². The van der Waals surface area contributed by atoms with Gasteiger partial charge in [-0.3, -0.25) is 4.79 Å². The average molecular weight is 283 g/mol. The molecule has 0 aromatic heterocycles. The molecule has 1 heterocycles. The number of amides is 1. The van der Waals surface area contributed by atoms with Crippen LogP contribution in [-0.4, -0.2) is 25.6 Å². The molecule has 4 nitrogen and oxygen atoms in total. The van der Waals surface area contributed by atoms with E-state index in [1.807, 2.05) is 6.92 Å². The van der Waals surface area contributed by atoms with Crippen molar-refractivity contribution in [3.05, 3.63) is 23.2 Å². The molecule has 1 aromatic rings. The molecule has 1 amide bonds. The molecule has 0 bridgehead atoms. The van der Waals surface area contributed by atoms with Crippen molar-refractivity contribution in [2.24, 2.45) is 5.92 Å². The summed E-state index contributed by atoms with van der Waals surface area (Å²) in [5.41, 5.74) is 0.651. The van der Waals surface area contributed by atoms with Crippen LogP contribution in [0, 0.1) is 5.92 Å². The third kappa shape index (κ3) is 4.11. The van der Waals surface area contributed by atoms with Gasteiger partial charge in [0.15, 0.2) is 0 Å². The van der Waals surface area contributed by atoms with Gasteiger partial charge in [-0.25, -0.2) is 0 Å². The molecule has 0 saturated carbocycles. The van der Waals surface area contributed by atoms with Crippen molar-refractivity contribution in [3.8, 4) is 5.75 Å². The molecular formula is C14H19ClN2O2. The Morgan fingerprint density at radius 1 is 1.53 bits per heavy atom. The first kappa shape index (κ1) is 14.2. The Hall–Kier alpha value is -1.26. The molecule has 19 heavy (non-hydrogen) atoms. The Kier molecular flexibility index (Phi) is 5.05. The van der Waals surface area contributed by atoms with Crippen LogP contribution < -0.4 is 15.4 Å². The van der Waals surface area contributed by atoms with E-state index in [-0.39, 0.29) is 5.91 Å². The van der Waals surface area contributed by atoms with E-state index in [1.54, 1.807) is 18.2 Å². The standard InChI is InChI=1S/C14H19ClN2O2/c1-2-5-19-13-4-3-11(15)7-12(13)17-14(18)6-10-8-16-9-10/h3-4,7,10,16H,2,5-6,8-9H2,1H3,(H,17,18). The average Bonchev–Trinajstić information content (AvgIpc) is 2.33. The van der Waals surface area contributed by atoms with Crippen molar-refractivity contribution >= 4 is 23.2 Å². The summed E-state index contributed by atoms with van der Waals surface area (Å²) >= 11 is 5.96. The highest BCUT2D eigenvalue weighted by Gasteiger charge is 2.20. The van der Waals surface area contributed by atoms with Gasteiger partial charge in [0.2, 0.25) is 5.91 Å². The predicted molar refractivity (Wildman–Crippen MR) is 76.8 cm³/mol. The van der Waals surface area contributed by atoms with E-state index < -0.39 is 0 Å². The van der Waals surface area contributed by atoms with Gasteiger partial charge in [0.25, 0.3) is 0 Å². The largest absolute Gasteiger partial charge is 0.491 e. The van der Waals surface area contributed by atoms with Gasteiger partial charge < -0.3 is 15.4 Å². The maximum Gasteiger partial charge on any atom is 0.224 e. The second kappa shape index (κ2) is 6.78. The van der Waals surface area contributed by atoms with Gasteiger partial charge >= 0.3 is 0 Å². The van der Waals surface area contributed by atoms with Crippen LogP contribution in [0.3, 0.4) is 0 Å². The van der Waals surface area contributed by atoms with Gasteiger partial charge in [0.05, 0.1) is 12.3 Å². The molecule has 2 rings (SSSR count). The third-order valence-electron chi connectivity index (χ3n) is 3.02. The summed E-state index contributed by atoms with van der Waals surface area (Å²) in [5, 5.41) is 6.62. The number of carbonyl (C=O) groups excluding carboxylic acids is 1. The Balaban J connectivity index is 1.99. The van der Waals surface area contributed by atoms with Gasteiger partial charge in [-0.05, 0) is 43.6 Å². The number of benzene rings is 1. The van der Waals surface area contributed by atoms with Crippen LogP contribution in [0.5, 0.6) is 5.75 Å². The van der Waals surface area contributed by atoms with Crippen LogP contribution in [0.1, 0.15) is 19.8 Å². The second-order valence-corrected chi connectivity index (χ2v) is 5.20. The predicted octanol–water partition coefficient (Wildman–Crippen LogP) is 2.68. The molecule has 1 aliphatic heterocycles. The highest BCUT2D eigenvalue weighted by molar-refractivity contribution is 6.31. The number of anilines is 1. The fourth-order valence-electron chi connectivity index (χ4n) is 1.89. The smallest absolute Gasteiger partial charge is 0.224 e. The maximum atomic E-state index is 11.9. The zero-order valence-corrected chi connectivity index (χ0v) is 11.8. The number of hydrogen-bond donors (Lipinski definition) is 2. The first-order valence-corrected chi connectivity index (χ1v) is 6.99. The van der Waals surface area contributed by atoms with Crippen molar-refractivity contribution in [3.63, 3.8) is 0 Å². The summed E-state index contributed by atoms with van der Waals surface area (Å²) in [5.74, 6) is 1.13. The lowest BCUT2D eigenvalue weighted by molar-refractivity contribution is -0.117. The van der Waals surface area contributed by atoms with Crippen LogP contribution >= 0.6 is 11.6 Å². The maximum absolute atomic E-state index is 11.9. The van der Waals surface area contributed by atoms with Crippen LogP contribution in [0.25, 0.3) is 0 Å². The highest BCUT2D eigenvalue weighted by atomic mass is 35.5. The van der Waals surface area contributed by atoms with Gasteiger partial charge in [-0.1, -0.05) is 18.5 Å². The Labute approximate surface area is 118 Å². The zero-order chi connectivity index (χ0) is 13.7. The van der Waals surface area contributed by atoms with E-state index in [0.717, 1.165) is 19.5 Å². The number of hydrogen-bond acceptors (Lipinski definition) is 3. The summed E-state index contributed by atoms with van der Waals surface area (Å²) in [7, 11) is 0. The van der Waals surface area contributed by atoms with E-state index in [1.165, 1.54) is 0 Å². The number of nitrogens with one attached hydrogen (secondary N) is 2. The number of rotatable bonds is 6. The Morgan fingerprint density at radius 2 is 2.32 bits per heavy atom. The molecular weight excluding hydrogens is 264 g/mol. The van der Waals surface area contributed by atoms with Gasteiger partial charge in [0.1, 0.15) is 5.75 Å². The van der Waals surface area contributed by atoms with Crippen LogP contribution in [-0.2, 0) is 4.79 Å². The van der Waals surface area contributed by atoms with E-state index >= 15 is 0 Å². The minimum absolute atomic E-state index is 0.00937. The minimum atomic E-state index is 0.00937. The monoisotopic (exact) mass is 282 g/mol. The summed E-state index contributed by atoms with van der Waals surface area (Å²) in [4.78, 5) is 11.9. The van der Waals surface area contributed by atoms with Crippen LogP contribution in [0.15, 0.2) is 18.2 Å². The highest BCUT2D eigenvalue weighted by Crippen LogP contribution is 2.28. The van der Waals surface area contributed by atoms with Gasteiger partial charge in [-0.15, -0.1) is 0 Å². The first-order chi connectivity index (χ1) is 9.19. The zero-order valence-electron chi connectivity index (χ0n) is 11.0. The summed E-state index contributed by atoms with van der Waals surface area (Å²) < 4.78 is 5.60. The third-order valence-corrected chi connectivity index (χ3v) is 3.25. The molecule has 2 N–H and O–H groups in total. The van der Waals surface area contributed by atoms with Crippen molar-refractivity contribution in [2.45, 2.75) is 19.8 Å². The van der Waals surface area contributed by atoms with Crippen molar-refractivity contribution in [1.82, 2.24) is 5.32 Å². The summed E-state index contributed by atoms with van der Waals surface area (Å²) in [6.45, 7) is 4.50. The molecule has 1 saturated heterocycles. The SMILES string of the molecule is CCCOc1ccc(Cl)cc1NC(=O)CC1CNC1. The molecule has 0 atom stereocenters. The number of ether oxygens (including phenoxy) is 1. The Bertz CT molecular complexity index is 447. The normalized spacial score (nSPS) is 14.8. The van der Waals surface area contributed by atoms with E-state index in [2.05, 4.69) is 10.6 Å². The first-order valence-electron chi connectivity index (χ1n) is 6.62. The van der Waals surface area contributed by atoms with Crippen LogP contribution in [0.2, 0.25) is 5.02 Å². The molecule has 0 spiro atoms. The fraction of sp³-hybridized carbons (Fsp3) is 0.500. The lowest BCUT2D eigenvalue weighted by Gasteiger charge is -2.26. The molecule has 0 radical (unpaired) electrons. The lowest BCUT2D eigenvalue weighted by Crippen LogP contribution is -2.43. The second-order valence-electron chi connectivity index (χ2n) is 4.77. The lowest BCUT2D eigenvalue weighted by atomic mass is 9.99. The molecule has 1 aliphatic rings. The van der Waals surface area contributed by atoms with Crippen molar-refractivity contribution in [1.29, 1.82) is 0 Å². The van der Waals surface area contributed by atoms with E-state index in [0.29, 0.717) is 35.4 Å². The summed E-state index contributed by atoms with van der Waals surface area (Å²) in [6.07, 6.45) is 1.45. The topological polar surface area (TPSA) is 50.4 Å². The molecule has 0 unspecified atom stereocenters. The number of halogens is 1. The number of carbonyl (C=O) groups is 1. The summed E-state index contributed by atoms with van der Waals surface area (Å²) in [6, 6.07) is 5.28. The van der Waals surface area contributed by atoms with Crippen molar-refractivity contribution in [2.75, 3.05) is 25.0 Å². The molecule has 104 valence electrons. The van der Waals surface area contributed by atoms with E-state index in [4.69, 9.17) is 16.3 Å². The minimum Gasteiger partial charge on any atom is -0.491 e. The van der Waals surface area contributed by atoms with Gasteiger partial charge in [0, 0.05) is 11.4 Å². The quantitative estimate of drug-likeness (QED) is 0.843. The molecule has 0 aliphatic carbocycles. The van der Waals surface area contributed by atoms with Crippen molar-refractivity contribution < 1.29 is 9.53 Å². The molecule has 1 aromatic carbocycles. The van der Waals surface area contributed by atoms with Gasteiger partial charge in [-0.2, -0.15) is 0 Å². The molecule has 1 fully saturated rings. The van der Waals surface area contributed by atoms with E-state index in [9.17, 15) is 4.79 Å². The fourth-order valence-corrected chi connectivity index (χ4v) is 2.07.